The molecule has 1 heterocycles. The van der Waals surface area contributed by atoms with Gasteiger partial charge in [0.05, 0.1) is 5.69 Å². The van der Waals surface area contributed by atoms with Crippen LogP contribution in [0.1, 0.15) is 36.6 Å². The van der Waals surface area contributed by atoms with Crippen molar-refractivity contribution in [3.05, 3.63) is 47.3 Å². The first-order valence-electron chi connectivity index (χ1n) is 7.91. The van der Waals surface area contributed by atoms with Crippen LogP contribution in [0.25, 0.3) is 0 Å². The molecular weight excluding hydrogens is 342 g/mol. The van der Waals surface area contributed by atoms with Crippen molar-refractivity contribution in [2.24, 2.45) is 7.05 Å². The Kier molecular flexibility index (Phi) is 5.84. The molecule has 0 fully saturated rings. The summed E-state index contributed by atoms with van der Waals surface area (Å²) in [6.07, 6.45) is 1.64. The zero-order valence-electron chi connectivity index (χ0n) is 14.8. The molecule has 1 N–H and O–H groups in total. The number of carbonyl (C=O) groups excluding carboxylic acids is 1. The number of aromatic nitrogens is 2. The van der Waals surface area contributed by atoms with Crippen LogP contribution >= 0.6 is 0 Å². The van der Waals surface area contributed by atoms with E-state index in [1.54, 1.807) is 19.3 Å². The molecule has 0 unspecified atom stereocenters. The summed E-state index contributed by atoms with van der Waals surface area (Å²) in [5.74, 6) is -0.257. The van der Waals surface area contributed by atoms with Crippen LogP contribution in [0.15, 0.2) is 30.5 Å². The Morgan fingerprint density at radius 2 is 2.04 bits per heavy atom. The highest BCUT2D eigenvalue weighted by Gasteiger charge is 2.18. The summed E-state index contributed by atoms with van der Waals surface area (Å²) >= 11 is 0. The lowest BCUT2D eigenvalue weighted by Crippen LogP contribution is -2.35. The summed E-state index contributed by atoms with van der Waals surface area (Å²) < 4.78 is 33.1. The summed E-state index contributed by atoms with van der Waals surface area (Å²) in [6.45, 7) is 5.60. The molecule has 0 saturated heterocycles. The van der Waals surface area contributed by atoms with Crippen LogP contribution in [0.2, 0.25) is 0 Å². The minimum absolute atomic E-state index is 0.228. The maximum absolute atomic E-state index is 12.0. The lowest BCUT2D eigenvalue weighted by Gasteiger charge is -2.14. The quantitative estimate of drug-likeness (QED) is 0.809. The second kappa shape index (κ2) is 7.69. The van der Waals surface area contributed by atoms with Crippen molar-refractivity contribution >= 4 is 15.9 Å². The number of hydrogen-bond acceptors (Lipinski definition) is 5. The zero-order chi connectivity index (χ0) is 18.6. The molecule has 0 atom stereocenters. The van der Waals surface area contributed by atoms with E-state index in [0.717, 1.165) is 11.1 Å². The number of carbonyl (C=O) groups is 1. The number of nitrogens with one attached hydrogen (secondary N) is 1. The Labute approximate surface area is 148 Å². The van der Waals surface area contributed by atoms with Gasteiger partial charge in [0.2, 0.25) is 10.0 Å². The number of sulfonamides is 1. The highest BCUT2D eigenvalue weighted by molar-refractivity contribution is 7.89. The molecule has 0 aliphatic heterocycles. The number of nitrogens with zero attached hydrogens (tertiary/aromatic N) is 2. The molecule has 1 aromatic heterocycles. The molecule has 0 radical (unpaired) electrons. The van der Waals surface area contributed by atoms with Crippen molar-refractivity contribution in [3.63, 3.8) is 0 Å². The van der Waals surface area contributed by atoms with Gasteiger partial charge in [0.15, 0.2) is 6.61 Å². The van der Waals surface area contributed by atoms with Crippen molar-refractivity contribution in [3.8, 4) is 5.75 Å². The molecule has 2 rings (SSSR count). The summed E-state index contributed by atoms with van der Waals surface area (Å²) in [5.41, 5.74) is 2.34. The first-order chi connectivity index (χ1) is 11.7. The smallest absolute Gasteiger partial charge is 0.271 e. The summed E-state index contributed by atoms with van der Waals surface area (Å²) in [5, 5.41) is 3.99. The summed E-state index contributed by atoms with van der Waals surface area (Å²) in [4.78, 5) is 12.0. The predicted octanol–water partition coefficient (Wildman–Crippen LogP) is 1.88. The second-order valence-corrected chi connectivity index (χ2v) is 7.97. The van der Waals surface area contributed by atoms with E-state index in [2.05, 4.69) is 5.10 Å². The Bertz CT molecular complexity index is 857. The minimum atomic E-state index is -3.81. The van der Waals surface area contributed by atoms with Gasteiger partial charge in [0.25, 0.3) is 5.91 Å². The number of benzene rings is 1. The number of aryl methyl sites for hydroxylation is 2. The van der Waals surface area contributed by atoms with Gasteiger partial charge in [-0.25, -0.2) is 13.1 Å². The van der Waals surface area contributed by atoms with E-state index in [1.165, 1.54) is 4.68 Å². The van der Waals surface area contributed by atoms with Crippen LogP contribution in [0, 0.1) is 6.92 Å². The fourth-order valence-electron chi connectivity index (χ4n) is 2.36. The standard InChI is InChI=1S/C17H23N3O4S/c1-12(2)15-6-5-13(3)9-16(15)24-10-17(21)19-25(22,23)11-14-7-8-20(4)18-14/h5-9,12H,10-11H2,1-4H3,(H,19,21). The first kappa shape index (κ1) is 19.0. The van der Waals surface area contributed by atoms with Gasteiger partial charge >= 0.3 is 0 Å². The van der Waals surface area contributed by atoms with E-state index in [9.17, 15) is 13.2 Å². The second-order valence-electron chi connectivity index (χ2n) is 6.25. The van der Waals surface area contributed by atoms with E-state index < -0.39 is 15.9 Å². The van der Waals surface area contributed by atoms with Crippen LogP contribution in [0.5, 0.6) is 5.75 Å². The molecule has 7 nitrogen and oxygen atoms in total. The maximum Gasteiger partial charge on any atom is 0.271 e. The Balaban J connectivity index is 1.97. The largest absolute Gasteiger partial charge is 0.483 e. The molecular formula is C17H23N3O4S. The van der Waals surface area contributed by atoms with Gasteiger partial charge in [-0.15, -0.1) is 0 Å². The average Bonchev–Trinajstić information content (AvgIpc) is 2.88. The molecule has 0 aliphatic rings. The third-order valence-corrected chi connectivity index (χ3v) is 4.74. The van der Waals surface area contributed by atoms with Gasteiger partial charge in [0, 0.05) is 13.2 Å². The van der Waals surface area contributed by atoms with Crippen LogP contribution in [-0.4, -0.2) is 30.7 Å². The van der Waals surface area contributed by atoms with E-state index in [1.807, 2.05) is 43.7 Å². The van der Waals surface area contributed by atoms with Crippen molar-refractivity contribution in [2.75, 3.05) is 6.61 Å². The lowest BCUT2D eigenvalue weighted by molar-refractivity contribution is -0.121. The lowest BCUT2D eigenvalue weighted by atomic mass is 10.0. The van der Waals surface area contributed by atoms with E-state index in [-0.39, 0.29) is 18.3 Å². The van der Waals surface area contributed by atoms with Crippen molar-refractivity contribution in [1.82, 2.24) is 14.5 Å². The van der Waals surface area contributed by atoms with Crippen molar-refractivity contribution in [2.45, 2.75) is 32.4 Å². The van der Waals surface area contributed by atoms with Gasteiger partial charge in [-0.05, 0) is 36.1 Å². The van der Waals surface area contributed by atoms with Crippen LogP contribution in [-0.2, 0) is 27.6 Å². The van der Waals surface area contributed by atoms with Crippen LogP contribution in [0.4, 0.5) is 0 Å². The van der Waals surface area contributed by atoms with E-state index >= 15 is 0 Å². The maximum atomic E-state index is 12.0. The molecule has 2 aromatic rings. The molecule has 1 amide bonds. The normalized spacial score (nSPS) is 11.6. The van der Waals surface area contributed by atoms with E-state index in [4.69, 9.17) is 4.74 Å². The molecule has 8 heteroatoms. The Morgan fingerprint density at radius 1 is 1.32 bits per heavy atom. The first-order valence-corrected chi connectivity index (χ1v) is 9.56. The molecule has 0 saturated carbocycles. The van der Waals surface area contributed by atoms with Gasteiger partial charge in [-0.2, -0.15) is 5.10 Å². The fraction of sp³-hybridized carbons (Fsp3) is 0.412. The number of rotatable bonds is 7. The topological polar surface area (TPSA) is 90.3 Å². The van der Waals surface area contributed by atoms with Crippen LogP contribution < -0.4 is 9.46 Å². The Hall–Kier alpha value is -2.35. The predicted molar refractivity (Wildman–Crippen MR) is 94.7 cm³/mol. The Morgan fingerprint density at radius 3 is 2.64 bits per heavy atom. The average molecular weight is 365 g/mol. The third kappa shape index (κ3) is 5.60. The van der Waals surface area contributed by atoms with Gasteiger partial charge in [-0.1, -0.05) is 26.0 Å². The number of ether oxygens (including phenoxy) is 1. The van der Waals surface area contributed by atoms with Gasteiger partial charge < -0.3 is 4.74 Å². The fourth-order valence-corrected chi connectivity index (χ4v) is 3.38. The van der Waals surface area contributed by atoms with Crippen molar-refractivity contribution < 1.29 is 17.9 Å². The molecule has 0 aliphatic carbocycles. The number of amides is 1. The van der Waals surface area contributed by atoms with Crippen molar-refractivity contribution in [1.29, 1.82) is 0 Å². The SMILES string of the molecule is Cc1ccc(C(C)C)c(OCC(=O)NS(=O)(=O)Cc2ccn(C)n2)c1. The molecule has 0 bridgehead atoms. The summed E-state index contributed by atoms with van der Waals surface area (Å²) in [7, 11) is -2.12. The molecule has 0 spiro atoms. The molecule has 1 aromatic carbocycles. The van der Waals surface area contributed by atoms with Gasteiger partial charge in [-0.3, -0.25) is 9.48 Å². The monoisotopic (exact) mass is 365 g/mol. The van der Waals surface area contributed by atoms with Crippen LogP contribution in [0.3, 0.4) is 0 Å². The molecule has 136 valence electrons. The minimum Gasteiger partial charge on any atom is -0.483 e. The highest BCUT2D eigenvalue weighted by atomic mass is 32.2. The molecule has 25 heavy (non-hydrogen) atoms. The number of hydrogen-bond donors (Lipinski definition) is 1. The zero-order valence-corrected chi connectivity index (χ0v) is 15.6. The highest BCUT2D eigenvalue weighted by Crippen LogP contribution is 2.27. The summed E-state index contributed by atoms with van der Waals surface area (Å²) in [6, 6.07) is 7.34. The van der Waals surface area contributed by atoms with Gasteiger partial charge in [0.1, 0.15) is 11.5 Å². The third-order valence-electron chi connectivity index (χ3n) is 3.53. The van der Waals surface area contributed by atoms with E-state index in [0.29, 0.717) is 11.4 Å².